The van der Waals surface area contributed by atoms with Gasteiger partial charge in [0.2, 0.25) is 0 Å². The average Bonchev–Trinajstić information content (AvgIpc) is 2.36. The van der Waals surface area contributed by atoms with E-state index in [0.29, 0.717) is 13.1 Å². The second-order valence-corrected chi connectivity index (χ2v) is 3.58. The maximum atomic E-state index is 8.57. The van der Waals surface area contributed by atoms with Crippen LogP contribution in [0.25, 0.3) is 10.4 Å². The van der Waals surface area contributed by atoms with Crippen molar-refractivity contribution in [1.29, 1.82) is 0 Å². The first-order chi connectivity index (χ1) is 8.33. The summed E-state index contributed by atoms with van der Waals surface area (Å²) in [7, 11) is 3.08. The summed E-state index contributed by atoms with van der Waals surface area (Å²) < 4.78 is 20.5. The van der Waals surface area contributed by atoms with Gasteiger partial charge in [0.05, 0.1) is 18.2 Å². The summed E-state index contributed by atoms with van der Waals surface area (Å²) in [5.41, 5.74) is 8.57. The third kappa shape index (κ3) is 4.47. The zero-order valence-corrected chi connectivity index (χ0v) is 10.0. The Kier molecular flexibility index (Phi) is 6.87. The van der Waals surface area contributed by atoms with E-state index in [4.69, 9.17) is 24.5 Å². The molecule has 1 rings (SSSR count). The third-order valence-electron chi connectivity index (χ3n) is 2.44. The fourth-order valence-corrected chi connectivity index (χ4v) is 1.68. The molecule has 8 nitrogen and oxygen atoms in total. The Morgan fingerprint density at radius 3 is 2.12 bits per heavy atom. The third-order valence-corrected chi connectivity index (χ3v) is 2.44. The Balaban J connectivity index is 2.59. The Morgan fingerprint density at radius 2 is 1.71 bits per heavy atom. The molecule has 0 aromatic rings. The van der Waals surface area contributed by atoms with E-state index >= 15 is 0 Å². The van der Waals surface area contributed by atoms with Crippen molar-refractivity contribution < 1.29 is 18.9 Å². The van der Waals surface area contributed by atoms with Gasteiger partial charge in [-0.2, -0.15) is 0 Å². The number of nitrogens with zero attached hydrogens (tertiary/aromatic N) is 3. The molecule has 1 saturated heterocycles. The molecule has 0 saturated carbocycles. The van der Waals surface area contributed by atoms with Crippen LogP contribution in [0.1, 0.15) is 0 Å². The van der Waals surface area contributed by atoms with Crippen LogP contribution in [0.3, 0.4) is 0 Å². The fraction of sp³-hybridized carbons (Fsp3) is 1.00. The first-order valence-corrected chi connectivity index (χ1v) is 5.29. The molecular formula is C9H18N4O4. The van der Waals surface area contributed by atoms with Crippen LogP contribution in [0.15, 0.2) is 5.11 Å². The Labute approximate surface area is 99.8 Å². The van der Waals surface area contributed by atoms with Crippen molar-refractivity contribution in [2.45, 2.75) is 18.2 Å². The van der Waals surface area contributed by atoms with Crippen LogP contribution in [0, 0.1) is 0 Å². The average molecular weight is 246 g/mol. The van der Waals surface area contributed by atoms with E-state index in [0.717, 1.165) is 0 Å². The molecule has 1 fully saturated rings. The Bertz CT molecular complexity index is 243. The molecule has 0 aliphatic carbocycles. The van der Waals surface area contributed by atoms with Gasteiger partial charge in [0, 0.05) is 32.2 Å². The molecule has 0 radical (unpaired) electrons. The zero-order chi connectivity index (χ0) is 12.5. The van der Waals surface area contributed by atoms with Crippen LogP contribution < -0.4 is 5.32 Å². The topological polar surface area (TPSA) is 97.7 Å². The second-order valence-electron chi connectivity index (χ2n) is 3.58. The van der Waals surface area contributed by atoms with E-state index < -0.39 is 0 Å². The molecule has 0 bridgehead atoms. The largest absolute Gasteiger partial charge is 0.359 e. The SMILES string of the molecule is COCO[C@H]1CNC[C@@H](OCOC)[C@@H]1N=[N+]=[N-]. The van der Waals surface area contributed by atoms with Crippen molar-refractivity contribution >= 4 is 0 Å². The van der Waals surface area contributed by atoms with Crippen LogP contribution in [-0.4, -0.2) is 59.1 Å². The fourth-order valence-electron chi connectivity index (χ4n) is 1.68. The standard InChI is InChI=1S/C9H18N4O4/c1-14-5-16-7-3-11-4-8(17-6-15-2)9(7)12-13-10/h7-9,11H,3-6H2,1-2H3/t7-,8+,9+. The highest BCUT2D eigenvalue weighted by Gasteiger charge is 2.34. The molecule has 1 aliphatic rings. The second kappa shape index (κ2) is 8.24. The predicted octanol–water partition coefficient (Wildman–Crippen LogP) is 0.247. The number of hydrogen-bond acceptors (Lipinski definition) is 6. The smallest absolute Gasteiger partial charge is 0.146 e. The van der Waals surface area contributed by atoms with Gasteiger partial charge in [-0.3, -0.25) is 0 Å². The molecular weight excluding hydrogens is 228 g/mol. The first kappa shape index (κ1) is 14.2. The van der Waals surface area contributed by atoms with Gasteiger partial charge in [-0.15, -0.1) is 0 Å². The van der Waals surface area contributed by atoms with Crippen LogP contribution >= 0.6 is 0 Å². The summed E-state index contributed by atoms with van der Waals surface area (Å²) in [6, 6.07) is -0.383. The Hall–Kier alpha value is -0.890. The number of piperidine rings is 1. The molecule has 0 spiro atoms. The van der Waals surface area contributed by atoms with E-state index in [-0.39, 0.29) is 31.8 Å². The van der Waals surface area contributed by atoms with Crippen molar-refractivity contribution in [2.24, 2.45) is 5.11 Å². The minimum Gasteiger partial charge on any atom is -0.359 e. The molecule has 0 aromatic carbocycles. The number of hydrogen-bond donors (Lipinski definition) is 1. The van der Waals surface area contributed by atoms with Crippen LogP contribution in [-0.2, 0) is 18.9 Å². The molecule has 1 N–H and O–H groups in total. The lowest BCUT2D eigenvalue weighted by Crippen LogP contribution is -2.54. The van der Waals surface area contributed by atoms with Gasteiger partial charge >= 0.3 is 0 Å². The highest BCUT2D eigenvalue weighted by atomic mass is 16.7. The molecule has 8 heteroatoms. The number of ether oxygens (including phenoxy) is 4. The quantitative estimate of drug-likeness (QED) is 0.300. The van der Waals surface area contributed by atoms with Crippen molar-refractivity contribution in [3.63, 3.8) is 0 Å². The maximum absolute atomic E-state index is 8.57. The van der Waals surface area contributed by atoms with Gasteiger partial charge in [0.25, 0.3) is 0 Å². The predicted molar refractivity (Wildman–Crippen MR) is 59.3 cm³/mol. The van der Waals surface area contributed by atoms with E-state index in [1.807, 2.05) is 0 Å². The van der Waals surface area contributed by atoms with E-state index in [1.54, 1.807) is 0 Å². The summed E-state index contributed by atoms with van der Waals surface area (Å²) in [6.07, 6.45) is -0.525. The molecule has 1 aliphatic heterocycles. The monoisotopic (exact) mass is 246 g/mol. The number of azide groups is 1. The van der Waals surface area contributed by atoms with E-state index in [1.165, 1.54) is 14.2 Å². The molecule has 98 valence electrons. The highest BCUT2D eigenvalue weighted by Crippen LogP contribution is 2.16. The van der Waals surface area contributed by atoms with Crippen LogP contribution in [0.2, 0.25) is 0 Å². The first-order valence-electron chi connectivity index (χ1n) is 5.29. The van der Waals surface area contributed by atoms with E-state index in [9.17, 15) is 0 Å². The molecule has 0 aromatic heterocycles. The minimum atomic E-state index is -0.383. The van der Waals surface area contributed by atoms with Gasteiger partial charge in [-0.25, -0.2) is 0 Å². The molecule has 0 unspecified atom stereocenters. The maximum Gasteiger partial charge on any atom is 0.146 e. The lowest BCUT2D eigenvalue weighted by molar-refractivity contribution is -0.132. The van der Waals surface area contributed by atoms with Crippen LogP contribution in [0.5, 0.6) is 0 Å². The lowest BCUT2D eigenvalue weighted by Gasteiger charge is -2.35. The van der Waals surface area contributed by atoms with Crippen LogP contribution in [0.4, 0.5) is 0 Å². The van der Waals surface area contributed by atoms with Gasteiger partial charge < -0.3 is 24.3 Å². The van der Waals surface area contributed by atoms with Crippen molar-refractivity contribution in [1.82, 2.24) is 5.32 Å². The molecule has 17 heavy (non-hydrogen) atoms. The minimum absolute atomic E-state index is 0.154. The summed E-state index contributed by atoms with van der Waals surface area (Å²) in [5.74, 6) is 0. The van der Waals surface area contributed by atoms with Crippen molar-refractivity contribution in [2.75, 3.05) is 40.9 Å². The van der Waals surface area contributed by atoms with E-state index in [2.05, 4.69) is 15.3 Å². The van der Waals surface area contributed by atoms with Gasteiger partial charge in [0.1, 0.15) is 13.6 Å². The van der Waals surface area contributed by atoms with Gasteiger partial charge in [-0.05, 0) is 5.53 Å². The highest BCUT2D eigenvalue weighted by molar-refractivity contribution is 4.92. The molecule has 1 heterocycles. The number of methoxy groups -OCH3 is 2. The van der Waals surface area contributed by atoms with Crippen molar-refractivity contribution in [3.8, 4) is 0 Å². The summed E-state index contributed by atoms with van der Waals surface area (Å²) in [5, 5.41) is 6.88. The normalized spacial score (nSPS) is 28.7. The summed E-state index contributed by atoms with van der Waals surface area (Å²) in [6.45, 7) is 1.50. The lowest BCUT2D eigenvalue weighted by atomic mass is 10.0. The summed E-state index contributed by atoms with van der Waals surface area (Å²) >= 11 is 0. The van der Waals surface area contributed by atoms with Gasteiger partial charge in [0.15, 0.2) is 0 Å². The zero-order valence-electron chi connectivity index (χ0n) is 10.0. The Morgan fingerprint density at radius 1 is 1.18 bits per heavy atom. The number of rotatable bonds is 7. The van der Waals surface area contributed by atoms with Gasteiger partial charge in [-0.1, -0.05) is 5.11 Å². The number of nitrogens with one attached hydrogen (secondary N) is 1. The molecule has 3 atom stereocenters. The summed E-state index contributed by atoms with van der Waals surface area (Å²) in [4.78, 5) is 2.83. The molecule has 0 amide bonds. The van der Waals surface area contributed by atoms with Crippen molar-refractivity contribution in [3.05, 3.63) is 10.4 Å².